The molecule has 1 atom stereocenters. The largest absolute Gasteiger partial charge is 0.478 e. The number of anilines is 1. The van der Waals surface area contributed by atoms with E-state index in [1.807, 2.05) is 6.92 Å². The van der Waals surface area contributed by atoms with Gasteiger partial charge in [0.15, 0.2) is 6.10 Å². The van der Waals surface area contributed by atoms with Gasteiger partial charge in [0.05, 0.1) is 10.6 Å². The Labute approximate surface area is 174 Å². The van der Waals surface area contributed by atoms with Crippen molar-refractivity contribution < 1.29 is 22.7 Å². The van der Waals surface area contributed by atoms with Gasteiger partial charge in [-0.2, -0.15) is 4.31 Å². The van der Waals surface area contributed by atoms with Crippen molar-refractivity contribution in [1.82, 2.24) is 14.2 Å². The summed E-state index contributed by atoms with van der Waals surface area (Å²) in [5, 5.41) is 2.71. The predicted octanol–water partition coefficient (Wildman–Crippen LogP) is 1.34. The summed E-state index contributed by atoms with van der Waals surface area (Å²) in [5.41, 5.74) is 0.870. The van der Waals surface area contributed by atoms with Crippen molar-refractivity contribution in [1.29, 1.82) is 0 Å². The number of nitrogens with zero attached hydrogens (tertiary/aromatic N) is 3. The molecule has 2 amide bonds. The molecule has 10 heteroatoms. The first-order chi connectivity index (χ1) is 14.4. The Morgan fingerprint density at radius 1 is 1.17 bits per heavy atom. The minimum Gasteiger partial charge on any atom is -0.478 e. The maximum Gasteiger partial charge on any atom is 0.265 e. The summed E-state index contributed by atoms with van der Waals surface area (Å²) in [6, 6.07) is 7.74. The molecule has 0 aliphatic carbocycles. The van der Waals surface area contributed by atoms with Crippen molar-refractivity contribution in [2.75, 3.05) is 31.5 Å². The number of ether oxygens (including phenoxy) is 1. The van der Waals surface area contributed by atoms with E-state index in [4.69, 9.17) is 4.74 Å². The van der Waals surface area contributed by atoms with Crippen LogP contribution in [0, 0.1) is 0 Å². The van der Waals surface area contributed by atoms with Gasteiger partial charge in [-0.15, -0.1) is 0 Å². The molecule has 2 aliphatic rings. The van der Waals surface area contributed by atoms with Crippen molar-refractivity contribution in [3.8, 4) is 5.75 Å². The van der Waals surface area contributed by atoms with Gasteiger partial charge in [0.2, 0.25) is 10.0 Å². The van der Waals surface area contributed by atoms with Gasteiger partial charge in [-0.1, -0.05) is 6.92 Å². The summed E-state index contributed by atoms with van der Waals surface area (Å²) in [6.45, 7) is 2.81. The number of fused-ring (bicyclic) bond motifs is 1. The lowest BCUT2D eigenvalue weighted by atomic mass is 10.2. The van der Waals surface area contributed by atoms with Crippen LogP contribution in [0.25, 0.3) is 0 Å². The third-order valence-corrected chi connectivity index (χ3v) is 7.13. The zero-order chi connectivity index (χ0) is 21.3. The predicted molar refractivity (Wildman–Crippen MR) is 109 cm³/mol. The number of benzene rings is 1. The van der Waals surface area contributed by atoms with E-state index in [2.05, 4.69) is 10.3 Å². The van der Waals surface area contributed by atoms with Crippen LogP contribution >= 0.6 is 0 Å². The first-order valence-electron chi connectivity index (χ1n) is 9.71. The van der Waals surface area contributed by atoms with Gasteiger partial charge in [0.1, 0.15) is 5.75 Å². The van der Waals surface area contributed by atoms with Gasteiger partial charge in [-0.25, -0.2) is 8.42 Å². The van der Waals surface area contributed by atoms with Gasteiger partial charge in [-0.3, -0.25) is 14.6 Å². The van der Waals surface area contributed by atoms with Crippen LogP contribution in [0.15, 0.2) is 47.6 Å². The number of carbonyl (C=O) groups excluding carboxylic acids is 2. The fourth-order valence-corrected chi connectivity index (χ4v) is 4.97. The maximum atomic E-state index is 13.1. The molecule has 1 fully saturated rings. The number of carbonyl (C=O) groups is 2. The van der Waals surface area contributed by atoms with Crippen molar-refractivity contribution >= 4 is 27.5 Å². The van der Waals surface area contributed by atoms with E-state index < -0.39 is 16.1 Å². The first kappa shape index (κ1) is 20.3. The van der Waals surface area contributed by atoms with E-state index in [-0.39, 0.29) is 29.8 Å². The quantitative estimate of drug-likeness (QED) is 0.784. The molecule has 3 heterocycles. The number of nitrogens with one attached hydrogen (secondary N) is 1. The van der Waals surface area contributed by atoms with Crippen LogP contribution in [-0.2, 0) is 14.8 Å². The molecule has 4 rings (SSSR count). The van der Waals surface area contributed by atoms with Crippen LogP contribution in [0.1, 0.15) is 23.7 Å². The number of hydrogen-bond acceptors (Lipinski definition) is 6. The second-order valence-electron chi connectivity index (χ2n) is 7.09. The van der Waals surface area contributed by atoms with E-state index in [0.717, 1.165) is 0 Å². The molecule has 1 aromatic carbocycles. The Bertz CT molecular complexity index is 1070. The Kier molecular flexibility index (Phi) is 5.44. The number of hydrogen-bond donors (Lipinski definition) is 1. The van der Waals surface area contributed by atoms with E-state index in [1.54, 1.807) is 35.5 Å². The molecule has 30 heavy (non-hydrogen) atoms. The SMILES string of the molecule is CCC1Oc2ccc(S(=O)(=O)N3CCN(C(=O)c4ccncc4)CC3)cc2NC1=O. The molecule has 0 radical (unpaired) electrons. The van der Waals surface area contributed by atoms with Crippen LogP contribution < -0.4 is 10.1 Å². The molecule has 1 N–H and O–H groups in total. The Morgan fingerprint density at radius 3 is 2.53 bits per heavy atom. The number of aromatic nitrogens is 1. The van der Waals surface area contributed by atoms with E-state index in [1.165, 1.54) is 16.4 Å². The van der Waals surface area contributed by atoms with Crippen LogP contribution in [0.4, 0.5) is 5.69 Å². The first-order valence-corrected chi connectivity index (χ1v) is 11.1. The molecule has 9 nitrogen and oxygen atoms in total. The van der Waals surface area contributed by atoms with Crippen LogP contribution in [0.5, 0.6) is 5.75 Å². The summed E-state index contributed by atoms with van der Waals surface area (Å²) in [4.78, 5) is 30.2. The van der Waals surface area contributed by atoms with Crippen molar-refractivity contribution in [3.05, 3.63) is 48.3 Å². The van der Waals surface area contributed by atoms with Crippen LogP contribution in [0.2, 0.25) is 0 Å². The van der Waals surface area contributed by atoms with Gasteiger partial charge in [0, 0.05) is 44.1 Å². The molecular formula is C20H22N4O5S. The number of pyridine rings is 1. The monoisotopic (exact) mass is 430 g/mol. The normalized spacial score (nSPS) is 19.6. The zero-order valence-corrected chi connectivity index (χ0v) is 17.3. The smallest absolute Gasteiger partial charge is 0.265 e. The molecule has 1 unspecified atom stereocenters. The van der Waals surface area contributed by atoms with Gasteiger partial charge in [-0.05, 0) is 36.8 Å². The number of piperazine rings is 1. The minimum atomic E-state index is -3.77. The molecule has 0 bridgehead atoms. The molecule has 1 saturated heterocycles. The molecule has 0 spiro atoms. The second-order valence-corrected chi connectivity index (χ2v) is 9.03. The van der Waals surface area contributed by atoms with Gasteiger partial charge in [0.25, 0.3) is 11.8 Å². The fraction of sp³-hybridized carbons (Fsp3) is 0.350. The Hall–Kier alpha value is -2.98. The molecular weight excluding hydrogens is 408 g/mol. The third kappa shape index (κ3) is 3.75. The summed E-state index contributed by atoms with van der Waals surface area (Å²) in [5.74, 6) is 0.0181. The lowest BCUT2D eigenvalue weighted by Gasteiger charge is -2.34. The highest BCUT2D eigenvalue weighted by atomic mass is 32.2. The summed E-state index contributed by atoms with van der Waals surface area (Å²) in [6.07, 6.45) is 3.05. The second kappa shape index (κ2) is 8.04. The van der Waals surface area contributed by atoms with E-state index in [9.17, 15) is 18.0 Å². The number of amides is 2. The zero-order valence-electron chi connectivity index (χ0n) is 16.4. The summed E-state index contributed by atoms with van der Waals surface area (Å²) in [7, 11) is -3.77. The van der Waals surface area contributed by atoms with E-state index >= 15 is 0 Å². The van der Waals surface area contributed by atoms with Crippen LogP contribution in [-0.4, -0.2) is 66.7 Å². The van der Waals surface area contributed by atoms with E-state index in [0.29, 0.717) is 36.5 Å². The standard InChI is InChI=1S/C20H22N4O5S/c1-2-17-19(25)22-16-13-15(3-4-18(16)29-17)30(27,28)24-11-9-23(10-12-24)20(26)14-5-7-21-8-6-14/h3-8,13,17H,2,9-12H2,1H3,(H,22,25). The van der Waals surface area contributed by atoms with Crippen LogP contribution in [0.3, 0.4) is 0 Å². The van der Waals surface area contributed by atoms with Crippen molar-refractivity contribution in [2.24, 2.45) is 0 Å². The lowest BCUT2D eigenvalue weighted by molar-refractivity contribution is -0.123. The van der Waals surface area contributed by atoms with Crippen molar-refractivity contribution in [3.63, 3.8) is 0 Å². The highest BCUT2D eigenvalue weighted by Gasteiger charge is 2.32. The molecule has 2 aliphatic heterocycles. The van der Waals surface area contributed by atoms with Crippen molar-refractivity contribution in [2.45, 2.75) is 24.3 Å². The highest BCUT2D eigenvalue weighted by Crippen LogP contribution is 2.33. The average molecular weight is 430 g/mol. The molecule has 1 aromatic heterocycles. The fourth-order valence-electron chi connectivity index (χ4n) is 3.52. The third-order valence-electron chi connectivity index (χ3n) is 5.23. The number of rotatable bonds is 4. The van der Waals surface area contributed by atoms with Gasteiger partial charge < -0.3 is 15.0 Å². The Morgan fingerprint density at radius 2 is 1.87 bits per heavy atom. The topological polar surface area (TPSA) is 109 Å². The van der Waals surface area contributed by atoms with Gasteiger partial charge >= 0.3 is 0 Å². The maximum absolute atomic E-state index is 13.1. The minimum absolute atomic E-state index is 0.0778. The average Bonchev–Trinajstić information content (AvgIpc) is 2.78. The molecule has 0 saturated carbocycles. The summed E-state index contributed by atoms with van der Waals surface area (Å²) < 4.78 is 33.1. The highest BCUT2D eigenvalue weighted by molar-refractivity contribution is 7.89. The Balaban J connectivity index is 1.47. The number of sulfonamides is 1. The lowest BCUT2D eigenvalue weighted by Crippen LogP contribution is -2.50. The molecule has 2 aromatic rings. The molecule has 158 valence electrons. The summed E-state index contributed by atoms with van der Waals surface area (Å²) >= 11 is 0.